The van der Waals surface area contributed by atoms with Crippen molar-refractivity contribution in [1.29, 1.82) is 0 Å². The fourth-order valence-corrected chi connectivity index (χ4v) is 6.61. The maximum Gasteiger partial charge on any atom is 0.243 e. The Labute approximate surface area is 254 Å². The molecule has 0 unspecified atom stereocenters. The van der Waals surface area contributed by atoms with Gasteiger partial charge >= 0.3 is 0 Å². The van der Waals surface area contributed by atoms with Gasteiger partial charge in [-0.3, -0.25) is 13.9 Å². The molecule has 1 atom stereocenters. The molecule has 7 nitrogen and oxygen atoms in total. The average Bonchev–Trinajstić information content (AvgIpc) is 3.47. The molecule has 3 aromatic rings. The molecule has 0 aliphatic heterocycles. The Bertz CT molecular complexity index is 1440. The van der Waals surface area contributed by atoms with E-state index < -0.39 is 16.1 Å². The van der Waals surface area contributed by atoms with Crippen LogP contribution < -0.4 is 9.62 Å². The van der Waals surface area contributed by atoms with Gasteiger partial charge < -0.3 is 10.2 Å². The second-order valence-corrected chi connectivity index (χ2v) is 13.4. The maximum absolute atomic E-state index is 14.0. The molecular formula is C33H40ClN3O4S. The van der Waals surface area contributed by atoms with Crippen molar-refractivity contribution in [2.45, 2.75) is 70.5 Å². The Morgan fingerprint density at radius 3 is 2.24 bits per heavy atom. The average molecular weight is 610 g/mol. The van der Waals surface area contributed by atoms with E-state index in [1.54, 1.807) is 23.1 Å². The lowest BCUT2D eigenvalue weighted by Gasteiger charge is -2.33. The van der Waals surface area contributed by atoms with E-state index in [-0.39, 0.29) is 37.4 Å². The number of hydrogen-bond acceptors (Lipinski definition) is 4. The Hall–Kier alpha value is -3.36. The lowest BCUT2D eigenvalue weighted by Crippen LogP contribution is -2.52. The standard InChI is InChI=1S/C33H40ClN3O4S/c1-25-18-20-29(21-19-25)37(42(2,40)41)22-10-17-32(38)36(24-27-13-6-9-16-30(27)34)31(23-26-11-4-3-5-12-26)33(39)35-28-14-7-8-15-28/h3-6,9,11-13,16,18-21,28,31H,7-8,10,14-15,17,22-24H2,1-2H3,(H,35,39)/t31-/m1/s1. The molecule has 1 N–H and O–H groups in total. The van der Waals surface area contributed by atoms with Gasteiger partial charge in [0.05, 0.1) is 11.9 Å². The molecule has 0 aromatic heterocycles. The molecule has 1 aliphatic carbocycles. The number of hydrogen-bond donors (Lipinski definition) is 1. The third kappa shape index (κ3) is 8.82. The first-order chi connectivity index (χ1) is 20.1. The highest BCUT2D eigenvalue weighted by Crippen LogP contribution is 2.24. The number of aryl methyl sites for hydroxylation is 1. The Kier molecular flexibility index (Phi) is 11.0. The van der Waals surface area contributed by atoms with Gasteiger partial charge in [0, 0.05) is 37.0 Å². The third-order valence-electron chi connectivity index (χ3n) is 7.75. The van der Waals surface area contributed by atoms with E-state index in [4.69, 9.17) is 11.6 Å². The van der Waals surface area contributed by atoms with E-state index in [9.17, 15) is 18.0 Å². The predicted octanol–water partition coefficient (Wildman–Crippen LogP) is 5.89. The zero-order valence-electron chi connectivity index (χ0n) is 24.3. The summed E-state index contributed by atoms with van der Waals surface area (Å²) in [5, 5.41) is 3.72. The van der Waals surface area contributed by atoms with Crippen LogP contribution in [-0.2, 0) is 32.6 Å². The molecule has 0 bridgehead atoms. The summed E-state index contributed by atoms with van der Waals surface area (Å²) in [6.07, 6.45) is 5.91. The summed E-state index contributed by atoms with van der Waals surface area (Å²) < 4.78 is 26.6. The smallest absolute Gasteiger partial charge is 0.243 e. The summed E-state index contributed by atoms with van der Waals surface area (Å²) in [7, 11) is -3.56. The van der Waals surface area contributed by atoms with Gasteiger partial charge in [-0.25, -0.2) is 8.42 Å². The first-order valence-corrected chi connectivity index (χ1v) is 16.8. The lowest BCUT2D eigenvalue weighted by molar-refractivity contribution is -0.141. The molecule has 4 rings (SSSR count). The van der Waals surface area contributed by atoms with Crippen LogP contribution in [0.15, 0.2) is 78.9 Å². The summed E-state index contributed by atoms with van der Waals surface area (Å²) in [5.74, 6) is -0.404. The SMILES string of the molecule is Cc1ccc(N(CCCC(=O)N(Cc2ccccc2Cl)[C@H](Cc2ccccc2)C(=O)NC2CCCC2)S(C)(=O)=O)cc1. The molecule has 0 heterocycles. The highest BCUT2D eigenvalue weighted by molar-refractivity contribution is 7.92. The minimum atomic E-state index is -3.56. The molecule has 224 valence electrons. The number of benzene rings is 3. The number of carbonyl (C=O) groups excluding carboxylic acids is 2. The van der Waals surface area contributed by atoms with Crippen LogP contribution in [0.3, 0.4) is 0 Å². The number of sulfonamides is 1. The van der Waals surface area contributed by atoms with Crippen LogP contribution in [0.2, 0.25) is 5.02 Å². The number of nitrogens with one attached hydrogen (secondary N) is 1. The van der Waals surface area contributed by atoms with Gasteiger partial charge in [-0.2, -0.15) is 0 Å². The molecule has 0 spiro atoms. The largest absolute Gasteiger partial charge is 0.352 e. The van der Waals surface area contributed by atoms with Crippen molar-refractivity contribution in [3.05, 3.63) is 101 Å². The van der Waals surface area contributed by atoms with Crippen LogP contribution in [0, 0.1) is 6.92 Å². The van der Waals surface area contributed by atoms with Gasteiger partial charge in [-0.1, -0.05) is 90.7 Å². The second-order valence-electron chi connectivity index (χ2n) is 11.1. The number of rotatable bonds is 13. The van der Waals surface area contributed by atoms with Gasteiger partial charge in [-0.15, -0.1) is 0 Å². The van der Waals surface area contributed by atoms with E-state index in [1.807, 2.05) is 67.6 Å². The van der Waals surface area contributed by atoms with Crippen LogP contribution in [0.25, 0.3) is 0 Å². The molecule has 9 heteroatoms. The summed E-state index contributed by atoms with van der Waals surface area (Å²) in [4.78, 5) is 29.4. The summed E-state index contributed by atoms with van der Waals surface area (Å²) in [6.45, 7) is 2.25. The highest BCUT2D eigenvalue weighted by Gasteiger charge is 2.32. The fraction of sp³-hybridized carbons (Fsp3) is 0.394. The minimum absolute atomic E-state index is 0.0737. The van der Waals surface area contributed by atoms with Crippen LogP contribution in [0.5, 0.6) is 0 Å². The molecule has 42 heavy (non-hydrogen) atoms. The van der Waals surface area contributed by atoms with E-state index in [2.05, 4.69) is 5.32 Å². The first-order valence-electron chi connectivity index (χ1n) is 14.5. The lowest BCUT2D eigenvalue weighted by atomic mass is 10.0. The molecule has 3 aromatic carbocycles. The highest BCUT2D eigenvalue weighted by atomic mass is 35.5. The van der Waals surface area contributed by atoms with Crippen LogP contribution in [-0.4, -0.2) is 50.0 Å². The topological polar surface area (TPSA) is 86.8 Å². The molecule has 0 radical (unpaired) electrons. The maximum atomic E-state index is 14.0. The molecular weight excluding hydrogens is 570 g/mol. The van der Waals surface area contributed by atoms with Gasteiger partial charge in [0.2, 0.25) is 21.8 Å². The molecule has 1 saturated carbocycles. The van der Waals surface area contributed by atoms with E-state index >= 15 is 0 Å². The van der Waals surface area contributed by atoms with Gasteiger partial charge in [0.15, 0.2) is 0 Å². The zero-order valence-corrected chi connectivity index (χ0v) is 25.9. The van der Waals surface area contributed by atoms with Crippen LogP contribution >= 0.6 is 11.6 Å². The number of carbonyl (C=O) groups is 2. The summed E-state index contributed by atoms with van der Waals surface area (Å²) >= 11 is 6.52. The van der Waals surface area contributed by atoms with Crippen LogP contribution in [0.4, 0.5) is 5.69 Å². The number of amides is 2. The van der Waals surface area contributed by atoms with Crippen molar-refractivity contribution < 1.29 is 18.0 Å². The summed E-state index contributed by atoms with van der Waals surface area (Å²) in [6, 6.07) is 23.6. The first kappa shape index (κ1) is 31.6. The van der Waals surface area contributed by atoms with Gasteiger partial charge in [0.25, 0.3) is 0 Å². The van der Waals surface area contributed by atoms with Crippen molar-refractivity contribution >= 4 is 39.1 Å². The Morgan fingerprint density at radius 1 is 0.952 bits per heavy atom. The third-order valence-corrected chi connectivity index (χ3v) is 9.31. The van der Waals surface area contributed by atoms with Crippen molar-refractivity contribution in [3.8, 4) is 0 Å². The summed E-state index contributed by atoms with van der Waals surface area (Å²) in [5.41, 5.74) is 3.28. The molecule has 0 saturated heterocycles. The van der Waals surface area contributed by atoms with Crippen molar-refractivity contribution in [2.24, 2.45) is 0 Å². The molecule has 2 amide bonds. The quantitative estimate of drug-likeness (QED) is 0.262. The minimum Gasteiger partial charge on any atom is -0.352 e. The predicted molar refractivity (Wildman–Crippen MR) is 169 cm³/mol. The van der Waals surface area contributed by atoms with Crippen molar-refractivity contribution in [1.82, 2.24) is 10.2 Å². The molecule has 1 fully saturated rings. The van der Waals surface area contributed by atoms with E-state index in [0.717, 1.165) is 42.4 Å². The Morgan fingerprint density at radius 2 is 1.60 bits per heavy atom. The monoisotopic (exact) mass is 609 g/mol. The second kappa shape index (κ2) is 14.7. The van der Waals surface area contributed by atoms with Crippen molar-refractivity contribution in [3.63, 3.8) is 0 Å². The molecule has 1 aliphatic rings. The van der Waals surface area contributed by atoms with Crippen LogP contribution in [0.1, 0.15) is 55.2 Å². The Balaban J connectivity index is 1.59. The van der Waals surface area contributed by atoms with Crippen molar-refractivity contribution in [2.75, 3.05) is 17.1 Å². The van der Waals surface area contributed by atoms with E-state index in [1.165, 1.54) is 10.6 Å². The van der Waals surface area contributed by atoms with E-state index in [0.29, 0.717) is 23.6 Å². The number of anilines is 1. The number of halogens is 1. The zero-order chi connectivity index (χ0) is 30.1. The number of nitrogens with zero attached hydrogens (tertiary/aromatic N) is 2. The van der Waals surface area contributed by atoms with Gasteiger partial charge in [-0.05, 0) is 55.5 Å². The normalized spacial score (nSPS) is 14.4. The van der Waals surface area contributed by atoms with Gasteiger partial charge in [0.1, 0.15) is 6.04 Å². The fourth-order valence-electron chi connectivity index (χ4n) is 5.45.